The van der Waals surface area contributed by atoms with Gasteiger partial charge in [0.25, 0.3) is 5.91 Å². The monoisotopic (exact) mass is 359 g/mol. The number of hydrogen-bond donors (Lipinski definition) is 1. The summed E-state index contributed by atoms with van der Waals surface area (Å²) in [4.78, 5) is 12.8. The second-order valence-electron chi connectivity index (χ2n) is 5.81. The van der Waals surface area contributed by atoms with Crippen LogP contribution in [0.4, 0.5) is 0 Å². The van der Waals surface area contributed by atoms with E-state index in [9.17, 15) is 4.79 Å². The van der Waals surface area contributed by atoms with Crippen LogP contribution < -0.4 is 14.8 Å². The van der Waals surface area contributed by atoms with Gasteiger partial charge in [-0.3, -0.25) is 4.79 Å². The van der Waals surface area contributed by atoms with Crippen LogP contribution in [0.5, 0.6) is 11.5 Å². The summed E-state index contributed by atoms with van der Waals surface area (Å²) in [5.41, 5.74) is 1.41. The number of fused-ring (bicyclic) bond motifs is 1. The van der Waals surface area contributed by atoms with Crippen molar-refractivity contribution in [1.82, 2.24) is 5.32 Å². The Kier molecular flexibility index (Phi) is 5.96. The highest BCUT2D eigenvalue weighted by molar-refractivity contribution is 6.09. The van der Waals surface area contributed by atoms with Gasteiger partial charge < -0.3 is 14.8 Å². The van der Waals surface area contributed by atoms with Gasteiger partial charge >= 0.3 is 0 Å². The average molecular weight is 359 g/mol. The Balaban J connectivity index is 1.76. The Morgan fingerprint density at radius 1 is 1.04 bits per heavy atom. The van der Waals surface area contributed by atoms with E-state index >= 15 is 0 Å². The van der Waals surface area contributed by atoms with Crippen molar-refractivity contribution in [3.63, 3.8) is 0 Å². The van der Waals surface area contributed by atoms with Crippen LogP contribution in [0.3, 0.4) is 0 Å². The summed E-state index contributed by atoms with van der Waals surface area (Å²) in [6.45, 7) is 2.65. The molecule has 0 atom stereocenters. The first-order valence-corrected chi connectivity index (χ1v) is 8.78. The van der Waals surface area contributed by atoms with Crippen LogP contribution in [0.25, 0.3) is 10.8 Å². The Morgan fingerprint density at radius 2 is 1.81 bits per heavy atom. The third-order valence-corrected chi connectivity index (χ3v) is 4.08. The predicted octanol–water partition coefficient (Wildman–Crippen LogP) is 4.03. The van der Waals surface area contributed by atoms with E-state index in [4.69, 9.17) is 9.47 Å². The molecule has 4 heteroatoms. The van der Waals surface area contributed by atoms with E-state index in [0.29, 0.717) is 17.9 Å². The zero-order chi connectivity index (χ0) is 19.1. The van der Waals surface area contributed by atoms with Crippen molar-refractivity contribution in [1.29, 1.82) is 0 Å². The Hall–Kier alpha value is -3.45. The molecular weight excluding hydrogens is 338 g/mol. The van der Waals surface area contributed by atoms with Crippen LogP contribution in [0.1, 0.15) is 22.8 Å². The van der Waals surface area contributed by atoms with Gasteiger partial charge in [0.1, 0.15) is 11.5 Å². The summed E-state index contributed by atoms with van der Waals surface area (Å²) < 4.78 is 10.8. The van der Waals surface area contributed by atoms with E-state index < -0.39 is 0 Å². The minimum absolute atomic E-state index is 0.195. The first kappa shape index (κ1) is 18.3. The molecule has 0 saturated heterocycles. The second-order valence-corrected chi connectivity index (χ2v) is 5.81. The number of carbonyl (C=O) groups is 1. The smallest absolute Gasteiger partial charge is 0.256 e. The maximum Gasteiger partial charge on any atom is 0.256 e. The van der Waals surface area contributed by atoms with Gasteiger partial charge in [-0.05, 0) is 48.0 Å². The third-order valence-electron chi connectivity index (χ3n) is 4.08. The minimum Gasteiger partial charge on any atom is -0.497 e. The molecular formula is C23H21NO3. The van der Waals surface area contributed by atoms with E-state index in [1.165, 1.54) is 0 Å². The van der Waals surface area contributed by atoms with Gasteiger partial charge in [-0.1, -0.05) is 42.2 Å². The second kappa shape index (κ2) is 8.77. The molecule has 0 heterocycles. The highest BCUT2D eigenvalue weighted by Crippen LogP contribution is 2.28. The number of carbonyl (C=O) groups excluding carboxylic acids is 1. The fourth-order valence-electron chi connectivity index (χ4n) is 2.80. The number of nitrogens with one attached hydrogen (secondary N) is 1. The fraction of sp³-hybridized carbons (Fsp3) is 0.174. The number of rotatable bonds is 5. The molecule has 3 aromatic rings. The summed E-state index contributed by atoms with van der Waals surface area (Å²) in [5.74, 6) is 7.17. The van der Waals surface area contributed by atoms with E-state index in [1.807, 2.05) is 67.6 Å². The SMILES string of the molecule is CCOc1ccc2ccccc2c1C(=O)NCC#Cc1ccc(OC)cc1. The van der Waals surface area contributed by atoms with Crippen molar-refractivity contribution < 1.29 is 14.3 Å². The molecule has 1 N–H and O–H groups in total. The Morgan fingerprint density at radius 3 is 2.56 bits per heavy atom. The molecule has 0 saturated carbocycles. The molecule has 0 unspecified atom stereocenters. The standard InChI is InChI=1S/C23H21NO3/c1-3-27-21-15-12-18-8-4-5-9-20(18)22(21)23(25)24-16-6-7-17-10-13-19(26-2)14-11-17/h4-5,8-15H,3,16H2,1-2H3,(H,24,25). The lowest BCUT2D eigenvalue weighted by Gasteiger charge is -2.12. The molecule has 0 radical (unpaired) electrons. The molecule has 4 nitrogen and oxygen atoms in total. The highest BCUT2D eigenvalue weighted by Gasteiger charge is 2.15. The maximum absolute atomic E-state index is 12.8. The summed E-state index contributed by atoms with van der Waals surface area (Å²) in [6, 6.07) is 19.0. The van der Waals surface area contributed by atoms with E-state index in [1.54, 1.807) is 7.11 Å². The summed E-state index contributed by atoms with van der Waals surface area (Å²) in [6.07, 6.45) is 0. The number of amides is 1. The van der Waals surface area contributed by atoms with Crippen LogP contribution in [-0.2, 0) is 0 Å². The first-order chi connectivity index (χ1) is 13.2. The van der Waals surface area contributed by atoms with Gasteiger partial charge in [0.05, 0.1) is 25.8 Å². The lowest BCUT2D eigenvalue weighted by atomic mass is 10.0. The van der Waals surface area contributed by atoms with Crippen molar-refractivity contribution in [3.05, 3.63) is 71.8 Å². The van der Waals surface area contributed by atoms with Gasteiger partial charge in [0, 0.05) is 5.56 Å². The van der Waals surface area contributed by atoms with Crippen LogP contribution in [0, 0.1) is 11.8 Å². The molecule has 1 amide bonds. The summed E-state index contributed by atoms with van der Waals surface area (Å²) in [7, 11) is 1.63. The van der Waals surface area contributed by atoms with Crippen LogP contribution >= 0.6 is 0 Å². The predicted molar refractivity (Wildman–Crippen MR) is 107 cm³/mol. The van der Waals surface area contributed by atoms with Gasteiger partial charge in [0.15, 0.2) is 0 Å². The minimum atomic E-state index is -0.195. The molecule has 27 heavy (non-hydrogen) atoms. The number of benzene rings is 3. The van der Waals surface area contributed by atoms with Gasteiger partial charge in [0.2, 0.25) is 0 Å². The molecule has 0 aliphatic rings. The summed E-state index contributed by atoms with van der Waals surface area (Å²) >= 11 is 0. The lowest BCUT2D eigenvalue weighted by Crippen LogP contribution is -2.24. The molecule has 3 aromatic carbocycles. The molecule has 3 rings (SSSR count). The number of ether oxygens (including phenoxy) is 2. The molecule has 0 aromatic heterocycles. The van der Waals surface area contributed by atoms with Gasteiger partial charge in [-0.25, -0.2) is 0 Å². The number of methoxy groups -OCH3 is 1. The van der Waals surface area contributed by atoms with Crippen molar-refractivity contribution in [2.75, 3.05) is 20.3 Å². The highest BCUT2D eigenvalue weighted by atomic mass is 16.5. The van der Waals surface area contributed by atoms with Gasteiger partial charge in [-0.15, -0.1) is 0 Å². The van der Waals surface area contributed by atoms with Crippen molar-refractivity contribution in [3.8, 4) is 23.3 Å². The molecule has 0 aliphatic heterocycles. The first-order valence-electron chi connectivity index (χ1n) is 8.78. The quantitative estimate of drug-likeness (QED) is 0.700. The normalized spacial score (nSPS) is 10.0. The zero-order valence-electron chi connectivity index (χ0n) is 15.4. The van der Waals surface area contributed by atoms with Crippen molar-refractivity contribution in [2.24, 2.45) is 0 Å². The van der Waals surface area contributed by atoms with E-state index in [0.717, 1.165) is 22.1 Å². The summed E-state index contributed by atoms with van der Waals surface area (Å²) in [5, 5.41) is 4.73. The van der Waals surface area contributed by atoms with Crippen molar-refractivity contribution >= 4 is 16.7 Å². The fourth-order valence-corrected chi connectivity index (χ4v) is 2.80. The third kappa shape index (κ3) is 4.39. The zero-order valence-corrected chi connectivity index (χ0v) is 15.4. The van der Waals surface area contributed by atoms with Crippen molar-refractivity contribution in [2.45, 2.75) is 6.92 Å². The molecule has 0 spiro atoms. The lowest BCUT2D eigenvalue weighted by molar-refractivity contribution is 0.0956. The van der Waals surface area contributed by atoms with Gasteiger partial charge in [-0.2, -0.15) is 0 Å². The molecule has 0 bridgehead atoms. The van der Waals surface area contributed by atoms with E-state index in [-0.39, 0.29) is 12.5 Å². The van der Waals surface area contributed by atoms with Crippen LogP contribution in [0.2, 0.25) is 0 Å². The van der Waals surface area contributed by atoms with Crippen LogP contribution in [-0.4, -0.2) is 26.2 Å². The number of hydrogen-bond acceptors (Lipinski definition) is 3. The topological polar surface area (TPSA) is 47.6 Å². The largest absolute Gasteiger partial charge is 0.497 e. The molecule has 0 aliphatic carbocycles. The maximum atomic E-state index is 12.8. The van der Waals surface area contributed by atoms with E-state index in [2.05, 4.69) is 17.2 Å². The Bertz CT molecular complexity index is 998. The molecule has 0 fully saturated rings. The van der Waals surface area contributed by atoms with Crippen LogP contribution in [0.15, 0.2) is 60.7 Å². The molecule has 136 valence electrons. The average Bonchev–Trinajstić information content (AvgIpc) is 2.71. The Labute approximate surface area is 159 Å².